The van der Waals surface area contributed by atoms with Crippen LogP contribution >= 0.6 is 0 Å². The monoisotopic (exact) mass is 147 g/mol. The van der Waals surface area contributed by atoms with Crippen molar-refractivity contribution >= 4 is 0 Å². The minimum Gasteiger partial charge on any atom is -0.378 e. The zero-order valence-corrected chi connectivity index (χ0v) is 6.51. The lowest BCUT2D eigenvalue weighted by Gasteiger charge is -2.30. The Balaban J connectivity index is 2.36. The normalized spacial score (nSPS) is 36.3. The van der Waals surface area contributed by atoms with Crippen LogP contribution in [0, 0.1) is 0 Å². The lowest BCUT2D eigenvalue weighted by molar-refractivity contribution is -0.0158. The predicted molar refractivity (Wildman–Crippen MR) is 37.8 cm³/mol. The smallest absolute Gasteiger partial charge is 0.139 e. The number of alkyl halides is 1. The third kappa shape index (κ3) is 1.67. The molecule has 0 radical (unpaired) electrons. The van der Waals surface area contributed by atoms with Gasteiger partial charge in [0, 0.05) is 20.2 Å². The second-order valence-electron chi connectivity index (χ2n) is 2.84. The first kappa shape index (κ1) is 7.95. The summed E-state index contributed by atoms with van der Waals surface area (Å²) >= 11 is 0. The van der Waals surface area contributed by atoms with Gasteiger partial charge in [-0.3, -0.25) is 0 Å². The van der Waals surface area contributed by atoms with Gasteiger partial charge in [0.2, 0.25) is 0 Å². The molecule has 0 saturated carbocycles. The molecule has 0 amide bonds. The highest BCUT2D eigenvalue weighted by atomic mass is 19.1. The number of methoxy groups -OCH3 is 1. The highest BCUT2D eigenvalue weighted by Crippen LogP contribution is 2.14. The molecule has 3 heteroatoms. The van der Waals surface area contributed by atoms with Gasteiger partial charge in [0.25, 0.3) is 0 Å². The molecule has 2 nitrogen and oxygen atoms in total. The van der Waals surface area contributed by atoms with E-state index in [1.54, 1.807) is 7.11 Å². The van der Waals surface area contributed by atoms with Crippen LogP contribution in [0.25, 0.3) is 0 Å². The predicted octanol–water partition coefficient (Wildman–Crippen LogP) is 0.675. The van der Waals surface area contributed by atoms with Crippen molar-refractivity contribution in [1.29, 1.82) is 0 Å². The van der Waals surface area contributed by atoms with Crippen LogP contribution in [0.2, 0.25) is 0 Å². The molecule has 0 aliphatic carbocycles. The third-order valence-corrected chi connectivity index (χ3v) is 1.99. The molecular weight excluding hydrogens is 133 g/mol. The molecule has 0 N–H and O–H groups in total. The maximum absolute atomic E-state index is 12.9. The van der Waals surface area contributed by atoms with Gasteiger partial charge in [-0.15, -0.1) is 0 Å². The summed E-state index contributed by atoms with van der Waals surface area (Å²) < 4.78 is 17.9. The van der Waals surface area contributed by atoms with Crippen molar-refractivity contribution in [2.24, 2.45) is 0 Å². The van der Waals surface area contributed by atoms with Crippen molar-refractivity contribution in [3.8, 4) is 0 Å². The van der Waals surface area contributed by atoms with Crippen molar-refractivity contribution in [2.75, 3.05) is 27.2 Å². The van der Waals surface area contributed by atoms with E-state index in [9.17, 15) is 4.39 Å². The van der Waals surface area contributed by atoms with Crippen molar-refractivity contribution < 1.29 is 9.13 Å². The molecule has 0 aromatic carbocycles. The van der Waals surface area contributed by atoms with Crippen molar-refractivity contribution in [1.82, 2.24) is 4.90 Å². The van der Waals surface area contributed by atoms with Crippen LogP contribution in [0.3, 0.4) is 0 Å². The fourth-order valence-electron chi connectivity index (χ4n) is 1.30. The molecule has 2 atom stereocenters. The Labute approximate surface area is 61.0 Å². The summed E-state index contributed by atoms with van der Waals surface area (Å²) in [4.78, 5) is 1.99. The van der Waals surface area contributed by atoms with Gasteiger partial charge in [-0.2, -0.15) is 0 Å². The number of halogens is 1. The summed E-state index contributed by atoms with van der Waals surface area (Å²) in [5.74, 6) is 0. The Morgan fingerprint density at radius 2 is 2.30 bits per heavy atom. The van der Waals surface area contributed by atoms with Crippen molar-refractivity contribution in [3.63, 3.8) is 0 Å². The summed E-state index contributed by atoms with van der Waals surface area (Å²) in [6.07, 6.45) is -0.159. The fourth-order valence-corrected chi connectivity index (χ4v) is 1.30. The molecule has 2 unspecified atom stereocenters. The van der Waals surface area contributed by atoms with Gasteiger partial charge in [0.15, 0.2) is 0 Å². The first-order valence-corrected chi connectivity index (χ1v) is 3.59. The highest BCUT2D eigenvalue weighted by molar-refractivity contribution is 4.78. The number of hydrogen-bond acceptors (Lipinski definition) is 2. The van der Waals surface area contributed by atoms with Crippen LogP contribution in [0.5, 0.6) is 0 Å². The molecule has 1 aliphatic rings. The molecule has 1 heterocycles. The topological polar surface area (TPSA) is 12.5 Å². The van der Waals surface area contributed by atoms with Gasteiger partial charge in [-0.1, -0.05) is 0 Å². The standard InChI is InChI=1S/C7H14FNO/c1-9-4-3-7(10-2)6(8)5-9/h6-7H,3-5H2,1-2H3. The molecule has 0 spiro atoms. The van der Waals surface area contributed by atoms with E-state index in [2.05, 4.69) is 0 Å². The van der Waals surface area contributed by atoms with Gasteiger partial charge in [0.05, 0.1) is 6.10 Å². The molecule has 10 heavy (non-hydrogen) atoms. The van der Waals surface area contributed by atoms with Crippen LogP contribution in [0.15, 0.2) is 0 Å². The van der Waals surface area contributed by atoms with Gasteiger partial charge >= 0.3 is 0 Å². The maximum atomic E-state index is 12.9. The highest BCUT2D eigenvalue weighted by Gasteiger charge is 2.26. The van der Waals surface area contributed by atoms with E-state index in [4.69, 9.17) is 4.74 Å². The third-order valence-electron chi connectivity index (χ3n) is 1.99. The van der Waals surface area contributed by atoms with E-state index in [0.29, 0.717) is 6.54 Å². The van der Waals surface area contributed by atoms with E-state index in [1.165, 1.54) is 0 Å². The molecular formula is C7H14FNO. The van der Waals surface area contributed by atoms with E-state index >= 15 is 0 Å². The first-order chi connectivity index (χ1) is 4.74. The van der Waals surface area contributed by atoms with Crippen molar-refractivity contribution in [3.05, 3.63) is 0 Å². The largest absolute Gasteiger partial charge is 0.378 e. The molecule has 1 fully saturated rings. The summed E-state index contributed by atoms with van der Waals surface area (Å²) in [5, 5.41) is 0. The average molecular weight is 147 g/mol. The Morgan fingerprint density at radius 3 is 2.80 bits per heavy atom. The van der Waals surface area contributed by atoms with Gasteiger partial charge < -0.3 is 9.64 Å². The van der Waals surface area contributed by atoms with Gasteiger partial charge in [0.1, 0.15) is 6.17 Å². The summed E-state index contributed by atoms with van der Waals surface area (Å²) in [5.41, 5.74) is 0. The van der Waals surface area contributed by atoms with E-state index in [0.717, 1.165) is 13.0 Å². The second kappa shape index (κ2) is 3.30. The van der Waals surface area contributed by atoms with E-state index in [-0.39, 0.29) is 6.10 Å². The first-order valence-electron chi connectivity index (χ1n) is 3.59. The minimum absolute atomic E-state index is 0.170. The van der Waals surface area contributed by atoms with Crippen LogP contribution in [-0.2, 0) is 4.74 Å². The van der Waals surface area contributed by atoms with Crippen LogP contribution in [0.1, 0.15) is 6.42 Å². The van der Waals surface area contributed by atoms with Gasteiger partial charge in [-0.05, 0) is 13.5 Å². The number of ether oxygens (including phenoxy) is 1. The number of hydrogen-bond donors (Lipinski definition) is 0. The zero-order valence-electron chi connectivity index (χ0n) is 6.51. The number of piperidine rings is 1. The zero-order chi connectivity index (χ0) is 7.56. The summed E-state index contributed by atoms with van der Waals surface area (Å²) in [6, 6.07) is 0. The number of likely N-dealkylation sites (tertiary alicyclic amines) is 1. The Hall–Kier alpha value is -0.150. The molecule has 0 aromatic rings. The molecule has 1 saturated heterocycles. The molecule has 60 valence electrons. The Bertz CT molecular complexity index is 110. The van der Waals surface area contributed by atoms with Crippen LogP contribution in [0.4, 0.5) is 4.39 Å². The fraction of sp³-hybridized carbons (Fsp3) is 1.00. The lowest BCUT2D eigenvalue weighted by atomic mass is 10.1. The SMILES string of the molecule is COC1CCN(C)CC1F. The van der Waals surface area contributed by atoms with Crippen molar-refractivity contribution in [2.45, 2.75) is 18.7 Å². The Morgan fingerprint density at radius 1 is 1.60 bits per heavy atom. The number of rotatable bonds is 1. The summed E-state index contributed by atoms with van der Waals surface area (Å²) in [6.45, 7) is 1.46. The summed E-state index contributed by atoms with van der Waals surface area (Å²) in [7, 11) is 3.50. The van der Waals surface area contributed by atoms with Crippen LogP contribution < -0.4 is 0 Å². The van der Waals surface area contributed by atoms with Gasteiger partial charge in [-0.25, -0.2) is 4.39 Å². The molecule has 1 rings (SSSR count). The minimum atomic E-state index is -0.802. The molecule has 1 aliphatic heterocycles. The Kier molecular flexibility index (Phi) is 2.63. The molecule has 0 aromatic heterocycles. The molecule has 0 bridgehead atoms. The lowest BCUT2D eigenvalue weighted by Crippen LogP contribution is -2.43. The second-order valence-corrected chi connectivity index (χ2v) is 2.84. The number of nitrogens with zero attached hydrogens (tertiary/aromatic N) is 1. The average Bonchev–Trinajstić information content (AvgIpc) is 1.88. The van der Waals surface area contributed by atoms with E-state index < -0.39 is 6.17 Å². The van der Waals surface area contributed by atoms with E-state index in [1.807, 2.05) is 11.9 Å². The maximum Gasteiger partial charge on any atom is 0.139 e. The van der Waals surface area contributed by atoms with Crippen LogP contribution in [-0.4, -0.2) is 44.4 Å². The quantitative estimate of drug-likeness (QED) is 0.540.